The number of methoxy groups -OCH3 is 1. The summed E-state index contributed by atoms with van der Waals surface area (Å²) in [4.78, 5) is 0. The number of ether oxygens (including phenoxy) is 2. The Kier molecular flexibility index (Phi) is 4.12. The second-order valence-corrected chi connectivity index (χ2v) is 4.52. The summed E-state index contributed by atoms with van der Waals surface area (Å²) in [7, 11) is 1.63. The lowest BCUT2D eigenvalue weighted by atomic mass is 10.1. The van der Waals surface area contributed by atoms with Crippen LogP contribution >= 0.6 is 0 Å². The zero-order valence-electron chi connectivity index (χ0n) is 11.4. The van der Waals surface area contributed by atoms with Crippen molar-refractivity contribution < 1.29 is 13.9 Å². The van der Waals surface area contributed by atoms with Gasteiger partial charge in [0.25, 0.3) is 0 Å². The van der Waals surface area contributed by atoms with E-state index in [-0.39, 0.29) is 12.1 Å². The lowest BCUT2D eigenvalue weighted by Gasteiger charge is -2.20. The SMILES string of the molecule is COc1ccc(OC(c2ccc(C)o2)C(C)N)cc1. The van der Waals surface area contributed by atoms with Crippen molar-refractivity contribution >= 4 is 0 Å². The van der Waals surface area contributed by atoms with Crippen LogP contribution in [0.1, 0.15) is 24.5 Å². The highest BCUT2D eigenvalue weighted by molar-refractivity contribution is 5.31. The van der Waals surface area contributed by atoms with Crippen LogP contribution in [0.2, 0.25) is 0 Å². The molecule has 0 saturated carbocycles. The molecule has 0 bridgehead atoms. The van der Waals surface area contributed by atoms with Crippen LogP contribution in [0.25, 0.3) is 0 Å². The van der Waals surface area contributed by atoms with Crippen LogP contribution < -0.4 is 15.2 Å². The van der Waals surface area contributed by atoms with Gasteiger partial charge in [-0.3, -0.25) is 0 Å². The van der Waals surface area contributed by atoms with Crippen LogP contribution in [0.5, 0.6) is 11.5 Å². The molecule has 1 aromatic heterocycles. The second kappa shape index (κ2) is 5.80. The first-order chi connectivity index (χ1) is 9.10. The maximum Gasteiger partial charge on any atom is 0.171 e. The highest BCUT2D eigenvalue weighted by Gasteiger charge is 2.21. The zero-order valence-corrected chi connectivity index (χ0v) is 11.4. The summed E-state index contributed by atoms with van der Waals surface area (Å²) in [5.41, 5.74) is 5.97. The van der Waals surface area contributed by atoms with E-state index in [0.717, 1.165) is 23.0 Å². The molecular weight excluding hydrogens is 242 g/mol. The Hall–Kier alpha value is -1.94. The number of hydrogen-bond acceptors (Lipinski definition) is 4. The molecule has 0 spiro atoms. The van der Waals surface area contributed by atoms with Gasteiger partial charge in [-0.15, -0.1) is 0 Å². The first kappa shape index (κ1) is 13.5. The van der Waals surface area contributed by atoms with Gasteiger partial charge < -0.3 is 19.6 Å². The van der Waals surface area contributed by atoms with Crippen molar-refractivity contribution in [2.75, 3.05) is 7.11 Å². The summed E-state index contributed by atoms with van der Waals surface area (Å²) in [5, 5.41) is 0. The van der Waals surface area contributed by atoms with Gasteiger partial charge in [0.15, 0.2) is 6.10 Å². The third-order valence-electron chi connectivity index (χ3n) is 2.84. The zero-order chi connectivity index (χ0) is 13.8. The van der Waals surface area contributed by atoms with Gasteiger partial charge in [-0.25, -0.2) is 0 Å². The van der Waals surface area contributed by atoms with E-state index in [2.05, 4.69) is 0 Å². The molecule has 0 saturated heterocycles. The number of rotatable bonds is 5. The van der Waals surface area contributed by atoms with Crippen molar-refractivity contribution in [3.05, 3.63) is 47.9 Å². The molecule has 4 nitrogen and oxygen atoms in total. The molecule has 0 amide bonds. The van der Waals surface area contributed by atoms with Crippen molar-refractivity contribution in [2.24, 2.45) is 5.73 Å². The maximum absolute atomic E-state index is 5.97. The molecule has 19 heavy (non-hydrogen) atoms. The van der Waals surface area contributed by atoms with Crippen LogP contribution in [-0.4, -0.2) is 13.2 Å². The Morgan fingerprint density at radius 3 is 2.16 bits per heavy atom. The molecule has 2 unspecified atom stereocenters. The van der Waals surface area contributed by atoms with E-state index in [1.165, 1.54) is 0 Å². The van der Waals surface area contributed by atoms with E-state index in [1.54, 1.807) is 7.11 Å². The van der Waals surface area contributed by atoms with E-state index in [0.29, 0.717) is 0 Å². The minimum absolute atomic E-state index is 0.173. The van der Waals surface area contributed by atoms with Crippen molar-refractivity contribution in [1.29, 1.82) is 0 Å². The predicted octanol–water partition coefficient (Wildman–Crippen LogP) is 3.06. The fraction of sp³-hybridized carbons (Fsp3) is 0.333. The smallest absolute Gasteiger partial charge is 0.171 e. The maximum atomic E-state index is 5.97. The summed E-state index contributed by atoms with van der Waals surface area (Å²) in [6.07, 6.45) is -0.304. The largest absolute Gasteiger partial charge is 0.497 e. The number of benzene rings is 1. The Morgan fingerprint density at radius 1 is 1.05 bits per heavy atom. The summed E-state index contributed by atoms with van der Waals surface area (Å²) >= 11 is 0. The van der Waals surface area contributed by atoms with Gasteiger partial charge in [-0.2, -0.15) is 0 Å². The second-order valence-electron chi connectivity index (χ2n) is 4.52. The minimum atomic E-state index is -0.304. The van der Waals surface area contributed by atoms with Crippen LogP contribution in [0.3, 0.4) is 0 Å². The van der Waals surface area contributed by atoms with Gasteiger partial charge in [-0.1, -0.05) is 0 Å². The van der Waals surface area contributed by atoms with E-state index >= 15 is 0 Å². The van der Waals surface area contributed by atoms with Gasteiger partial charge in [0.2, 0.25) is 0 Å². The molecule has 2 N–H and O–H groups in total. The van der Waals surface area contributed by atoms with Crippen LogP contribution in [-0.2, 0) is 0 Å². The van der Waals surface area contributed by atoms with Crippen molar-refractivity contribution in [1.82, 2.24) is 0 Å². The molecule has 0 aliphatic heterocycles. The highest BCUT2D eigenvalue weighted by atomic mass is 16.5. The summed E-state index contributed by atoms with van der Waals surface area (Å²) in [6.45, 7) is 3.79. The van der Waals surface area contributed by atoms with Gasteiger partial charge in [-0.05, 0) is 50.2 Å². The first-order valence-electron chi connectivity index (χ1n) is 6.23. The van der Waals surface area contributed by atoms with Gasteiger partial charge in [0.1, 0.15) is 23.0 Å². The topological polar surface area (TPSA) is 57.6 Å². The standard InChI is InChI=1S/C15H19NO3/c1-10-4-9-14(18-10)15(11(2)16)19-13-7-5-12(17-3)6-8-13/h4-9,11,15H,16H2,1-3H3. The molecule has 4 heteroatoms. The number of hydrogen-bond donors (Lipinski definition) is 1. The quantitative estimate of drug-likeness (QED) is 0.898. The lowest BCUT2D eigenvalue weighted by molar-refractivity contribution is 0.151. The molecule has 0 aliphatic rings. The molecule has 1 heterocycles. The average molecular weight is 261 g/mol. The Bertz CT molecular complexity index is 516. The fourth-order valence-corrected chi connectivity index (χ4v) is 1.83. The minimum Gasteiger partial charge on any atom is -0.497 e. The summed E-state index contributed by atoms with van der Waals surface area (Å²) < 4.78 is 16.6. The molecule has 0 radical (unpaired) electrons. The van der Waals surface area contributed by atoms with Crippen LogP contribution in [0, 0.1) is 6.92 Å². The van der Waals surface area contributed by atoms with E-state index in [9.17, 15) is 0 Å². The number of aryl methyl sites for hydroxylation is 1. The highest BCUT2D eigenvalue weighted by Crippen LogP contribution is 2.27. The predicted molar refractivity (Wildman–Crippen MR) is 73.5 cm³/mol. The van der Waals surface area contributed by atoms with E-state index < -0.39 is 0 Å². The third-order valence-corrected chi connectivity index (χ3v) is 2.84. The normalized spacial score (nSPS) is 13.9. The van der Waals surface area contributed by atoms with Gasteiger partial charge >= 0.3 is 0 Å². The average Bonchev–Trinajstić information content (AvgIpc) is 2.82. The molecule has 0 fully saturated rings. The molecule has 2 aromatic rings. The fourth-order valence-electron chi connectivity index (χ4n) is 1.83. The van der Waals surface area contributed by atoms with Crippen molar-refractivity contribution in [3.63, 3.8) is 0 Å². The molecule has 0 aliphatic carbocycles. The molecule has 1 aromatic carbocycles. The molecule has 2 atom stereocenters. The van der Waals surface area contributed by atoms with E-state index in [1.807, 2.05) is 50.2 Å². The van der Waals surface area contributed by atoms with Crippen molar-refractivity contribution in [3.8, 4) is 11.5 Å². The Morgan fingerprint density at radius 2 is 1.68 bits per heavy atom. The first-order valence-corrected chi connectivity index (χ1v) is 6.23. The molecule has 102 valence electrons. The van der Waals surface area contributed by atoms with E-state index in [4.69, 9.17) is 19.6 Å². The van der Waals surface area contributed by atoms with Gasteiger partial charge in [0, 0.05) is 6.04 Å². The van der Waals surface area contributed by atoms with Gasteiger partial charge in [0.05, 0.1) is 7.11 Å². The van der Waals surface area contributed by atoms with Crippen LogP contribution in [0.4, 0.5) is 0 Å². The summed E-state index contributed by atoms with van der Waals surface area (Å²) in [6, 6.07) is 11.0. The number of nitrogens with two attached hydrogens (primary N) is 1. The third kappa shape index (κ3) is 3.29. The lowest BCUT2D eigenvalue weighted by Crippen LogP contribution is -2.28. The van der Waals surface area contributed by atoms with Crippen molar-refractivity contribution in [2.45, 2.75) is 26.0 Å². The molecule has 2 rings (SSSR count). The Balaban J connectivity index is 2.16. The summed E-state index contributed by atoms with van der Waals surface area (Å²) in [5.74, 6) is 3.11. The number of furan rings is 1. The van der Waals surface area contributed by atoms with Crippen LogP contribution in [0.15, 0.2) is 40.8 Å². The molecular formula is C15H19NO3. The Labute approximate surface area is 113 Å². The monoisotopic (exact) mass is 261 g/mol.